The molecule has 2 rings (SSSR count). The summed E-state index contributed by atoms with van der Waals surface area (Å²) in [4.78, 5) is 11.6. The first-order chi connectivity index (χ1) is 9.54. The molecule has 0 atom stereocenters. The molecule has 0 radical (unpaired) electrons. The SMILES string of the molecule is CC(C)n1c(SCc2cccc(C#N)c2F)n[nH]c1=O. The third-order valence-electron chi connectivity index (χ3n) is 2.74. The third kappa shape index (κ3) is 2.75. The molecule has 0 unspecified atom stereocenters. The van der Waals surface area contributed by atoms with E-state index in [2.05, 4.69) is 10.2 Å². The van der Waals surface area contributed by atoms with Gasteiger partial charge in [-0.25, -0.2) is 14.3 Å². The second-order valence-electron chi connectivity index (χ2n) is 4.45. The minimum Gasteiger partial charge on any atom is -0.268 e. The Kier molecular flexibility index (Phi) is 4.25. The molecule has 104 valence electrons. The number of thioether (sulfide) groups is 1. The van der Waals surface area contributed by atoms with Crippen LogP contribution in [0.5, 0.6) is 0 Å². The molecule has 1 N–H and O–H groups in total. The first kappa shape index (κ1) is 14.3. The number of aromatic nitrogens is 3. The van der Waals surface area contributed by atoms with Crippen LogP contribution in [0, 0.1) is 17.1 Å². The number of nitrogens with one attached hydrogen (secondary N) is 1. The molecule has 0 saturated heterocycles. The van der Waals surface area contributed by atoms with Crippen LogP contribution in [0.15, 0.2) is 28.2 Å². The Labute approximate surface area is 119 Å². The van der Waals surface area contributed by atoms with Gasteiger partial charge in [0.15, 0.2) is 5.16 Å². The zero-order valence-corrected chi connectivity index (χ0v) is 11.9. The quantitative estimate of drug-likeness (QED) is 0.878. The van der Waals surface area contributed by atoms with Gasteiger partial charge in [-0.3, -0.25) is 4.57 Å². The largest absolute Gasteiger partial charge is 0.344 e. The van der Waals surface area contributed by atoms with Gasteiger partial charge < -0.3 is 0 Å². The van der Waals surface area contributed by atoms with Crippen molar-refractivity contribution in [1.29, 1.82) is 5.26 Å². The molecule has 5 nitrogen and oxygen atoms in total. The zero-order chi connectivity index (χ0) is 14.7. The molecule has 0 aliphatic carbocycles. The van der Waals surface area contributed by atoms with Crippen molar-refractivity contribution in [2.75, 3.05) is 0 Å². The van der Waals surface area contributed by atoms with Gasteiger partial charge in [-0.15, -0.1) is 5.10 Å². The van der Waals surface area contributed by atoms with E-state index in [0.717, 1.165) is 0 Å². The summed E-state index contributed by atoms with van der Waals surface area (Å²) in [5.74, 6) is -0.213. The Bertz CT molecular complexity index is 714. The lowest BCUT2D eigenvalue weighted by atomic mass is 10.1. The highest BCUT2D eigenvalue weighted by Gasteiger charge is 2.14. The first-order valence-corrected chi connectivity index (χ1v) is 7.00. The molecule has 0 aliphatic heterocycles. The fourth-order valence-electron chi connectivity index (χ4n) is 1.77. The van der Waals surface area contributed by atoms with Crippen molar-refractivity contribution in [3.8, 4) is 6.07 Å². The van der Waals surface area contributed by atoms with E-state index in [9.17, 15) is 9.18 Å². The van der Waals surface area contributed by atoms with Crippen molar-refractivity contribution in [1.82, 2.24) is 14.8 Å². The van der Waals surface area contributed by atoms with Crippen molar-refractivity contribution in [3.63, 3.8) is 0 Å². The smallest absolute Gasteiger partial charge is 0.268 e. The van der Waals surface area contributed by atoms with Gasteiger partial charge in [0.05, 0.1) is 5.56 Å². The molecule has 0 amide bonds. The predicted molar refractivity (Wildman–Crippen MR) is 73.9 cm³/mol. The van der Waals surface area contributed by atoms with E-state index in [-0.39, 0.29) is 17.3 Å². The number of nitriles is 1. The third-order valence-corrected chi connectivity index (χ3v) is 3.75. The summed E-state index contributed by atoms with van der Waals surface area (Å²) < 4.78 is 15.4. The molecular weight excluding hydrogens is 279 g/mol. The fourth-order valence-corrected chi connectivity index (χ4v) is 2.82. The molecule has 7 heteroatoms. The van der Waals surface area contributed by atoms with Crippen LogP contribution in [0.4, 0.5) is 4.39 Å². The van der Waals surface area contributed by atoms with E-state index in [1.807, 2.05) is 13.8 Å². The Morgan fingerprint density at radius 1 is 1.55 bits per heavy atom. The highest BCUT2D eigenvalue weighted by atomic mass is 32.2. The van der Waals surface area contributed by atoms with Crippen LogP contribution in [0.2, 0.25) is 0 Å². The maximum absolute atomic E-state index is 13.9. The van der Waals surface area contributed by atoms with Crippen molar-refractivity contribution in [3.05, 3.63) is 45.6 Å². The van der Waals surface area contributed by atoms with Gasteiger partial charge in [-0.2, -0.15) is 5.26 Å². The van der Waals surface area contributed by atoms with E-state index in [0.29, 0.717) is 16.5 Å². The number of benzene rings is 1. The van der Waals surface area contributed by atoms with E-state index in [4.69, 9.17) is 5.26 Å². The normalized spacial score (nSPS) is 10.8. The molecule has 0 aliphatic rings. The van der Waals surface area contributed by atoms with Gasteiger partial charge in [-0.1, -0.05) is 23.9 Å². The molecule has 1 aromatic carbocycles. The molecule has 1 heterocycles. The van der Waals surface area contributed by atoms with Gasteiger partial charge in [-0.05, 0) is 25.5 Å². The highest BCUT2D eigenvalue weighted by molar-refractivity contribution is 7.98. The number of hydrogen-bond donors (Lipinski definition) is 1. The number of rotatable bonds is 4. The van der Waals surface area contributed by atoms with Crippen LogP contribution >= 0.6 is 11.8 Å². The second-order valence-corrected chi connectivity index (χ2v) is 5.40. The van der Waals surface area contributed by atoms with Crippen LogP contribution in [-0.2, 0) is 5.75 Å². The Balaban J connectivity index is 2.22. The number of nitrogens with zero attached hydrogens (tertiary/aromatic N) is 3. The summed E-state index contributed by atoms with van der Waals surface area (Å²) in [5, 5.41) is 15.6. The fraction of sp³-hybridized carbons (Fsp3) is 0.308. The van der Waals surface area contributed by atoms with Crippen LogP contribution in [0.25, 0.3) is 0 Å². The molecule has 2 aromatic rings. The van der Waals surface area contributed by atoms with E-state index in [1.165, 1.54) is 22.4 Å². The van der Waals surface area contributed by atoms with E-state index >= 15 is 0 Å². The lowest BCUT2D eigenvalue weighted by molar-refractivity contribution is 0.534. The molecule has 0 bridgehead atoms. The molecule has 1 aromatic heterocycles. The lowest BCUT2D eigenvalue weighted by Gasteiger charge is -2.08. The minimum absolute atomic E-state index is 0.0198. The molecule has 0 fully saturated rings. The summed E-state index contributed by atoms with van der Waals surface area (Å²) in [7, 11) is 0. The maximum atomic E-state index is 13.9. The van der Waals surface area contributed by atoms with Crippen LogP contribution < -0.4 is 5.69 Å². The summed E-state index contributed by atoms with van der Waals surface area (Å²) in [6.45, 7) is 3.75. The number of H-pyrrole nitrogens is 1. The molecule has 0 saturated carbocycles. The van der Waals surface area contributed by atoms with Gasteiger partial charge in [0.2, 0.25) is 0 Å². The van der Waals surface area contributed by atoms with Crippen LogP contribution in [-0.4, -0.2) is 14.8 Å². The average molecular weight is 292 g/mol. The average Bonchev–Trinajstić information content (AvgIpc) is 2.79. The maximum Gasteiger partial charge on any atom is 0.344 e. The molecule has 0 spiro atoms. The van der Waals surface area contributed by atoms with E-state index in [1.54, 1.807) is 18.2 Å². The first-order valence-electron chi connectivity index (χ1n) is 6.01. The van der Waals surface area contributed by atoms with Crippen molar-refractivity contribution < 1.29 is 4.39 Å². The van der Waals surface area contributed by atoms with Gasteiger partial charge in [0.25, 0.3) is 0 Å². The minimum atomic E-state index is -0.517. The van der Waals surface area contributed by atoms with Crippen molar-refractivity contribution >= 4 is 11.8 Å². The Morgan fingerprint density at radius 3 is 2.95 bits per heavy atom. The number of hydrogen-bond acceptors (Lipinski definition) is 4. The molecule has 20 heavy (non-hydrogen) atoms. The van der Waals surface area contributed by atoms with Gasteiger partial charge >= 0.3 is 5.69 Å². The summed E-state index contributed by atoms with van der Waals surface area (Å²) in [6, 6.07) is 6.47. The van der Waals surface area contributed by atoms with Crippen molar-refractivity contribution in [2.45, 2.75) is 30.8 Å². The second kappa shape index (κ2) is 5.92. The summed E-state index contributed by atoms with van der Waals surface area (Å²) in [6.07, 6.45) is 0. The summed E-state index contributed by atoms with van der Waals surface area (Å²) in [5.41, 5.74) is 0.153. The van der Waals surface area contributed by atoms with Crippen LogP contribution in [0.3, 0.4) is 0 Å². The molecular formula is C13H13FN4OS. The van der Waals surface area contributed by atoms with Gasteiger partial charge in [0.1, 0.15) is 11.9 Å². The van der Waals surface area contributed by atoms with Crippen LogP contribution in [0.1, 0.15) is 31.0 Å². The summed E-state index contributed by atoms with van der Waals surface area (Å²) >= 11 is 1.25. The standard InChI is InChI=1S/C13H13FN4OS/c1-8(2)18-12(19)16-17-13(18)20-7-10-5-3-4-9(6-15)11(10)14/h3-5,8H,7H2,1-2H3,(H,16,19). The zero-order valence-electron chi connectivity index (χ0n) is 11.1. The Morgan fingerprint density at radius 2 is 2.30 bits per heavy atom. The Hall–Kier alpha value is -2.07. The highest BCUT2D eigenvalue weighted by Crippen LogP contribution is 2.24. The number of aromatic amines is 1. The lowest BCUT2D eigenvalue weighted by Crippen LogP contribution is -2.19. The number of halogens is 1. The monoisotopic (exact) mass is 292 g/mol. The predicted octanol–water partition coefficient (Wildman–Crippen LogP) is 2.46. The van der Waals surface area contributed by atoms with E-state index < -0.39 is 5.82 Å². The van der Waals surface area contributed by atoms with Crippen molar-refractivity contribution in [2.24, 2.45) is 0 Å². The van der Waals surface area contributed by atoms with Gasteiger partial charge in [0, 0.05) is 11.8 Å². The topological polar surface area (TPSA) is 74.5 Å².